The van der Waals surface area contributed by atoms with Crippen LogP contribution in [0.25, 0.3) is 72.1 Å². The third-order valence-corrected chi connectivity index (χ3v) is 15.7. The number of para-hydroxylation sites is 3. The molecule has 2 aromatic heterocycles. The Bertz CT molecular complexity index is 4080. The molecule has 0 atom stereocenters. The zero-order valence-electron chi connectivity index (χ0n) is 48.0. The molecule has 0 saturated carbocycles. The van der Waals surface area contributed by atoms with Crippen LogP contribution in [0.2, 0.25) is 0 Å². The number of hydrogen-bond donors (Lipinski definition) is 0. The second-order valence-electron chi connectivity index (χ2n) is 24.0. The van der Waals surface area contributed by atoms with Gasteiger partial charge in [0.25, 0.3) is 0 Å². The summed E-state index contributed by atoms with van der Waals surface area (Å²) >= 11 is 0. The molecule has 0 unspecified atom stereocenters. The van der Waals surface area contributed by atoms with Crippen LogP contribution in [0, 0.1) is 30.4 Å². The van der Waals surface area contributed by atoms with Gasteiger partial charge in [-0.05, 0) is 145 Å². The van der Waals surface area contributed by atoms with Gasteiger partial charge in [0.05, 0.1) is 0 Å². The van der Waals surface area contributed by atoms with E-state index in [4.69, 9.17) is 9.72 Å². The Balaban J connectivity index is 0.00000705. The molecule has 1 aliphatic heterocycles. The average Bonchev–Trinajstić information content (AvgIpc) is 3.57. The Hall–Kier alpha value is -8.12. The summed E-state index contributed by atoms with van der Waals surface area (Å²) in [6, 6.07) is 70.2. The first-order valence-electron chi connectivity index (χ1n) is 28.0. The van der Waals surface area contributed by atoms with Crippen molar-refractivity contribution >= 4 is 44.6 Å². The number of pyridine rings is 1. The van der Waals surface area contributed by atoms with Crippen LogP contribution in [-0.2, 0) is 31.9 Å². The molecule has 0 spiro atoms. The van der Waals surface area contributed by atoms with E-state index in [1.54, 1.807) is 0 Å². The number of fused-ring (bicyclic) bond motifs is 4. The fourth-order valence-corrected chi connectivity index (χ4v) is 11.4. The zero-order chi connectivity index (χ0) is 56.5. The largest absolute Gasteiger partial charge is 0.509 e. The van der Waals surface area contributed by atoms with Crippen molar-refractivity contribution in [2.24, 2.45) is 0 Å². The number of nitrogens with zero attached hydrogens (tertiary/aromatic N) is 4. The van der Waals surface area contributed by atoms with Gasteiger partial charge in [0, 0.05) is 72.5 Å². The minimum atomic E-state index is -0.317. The summed E-state index contributed by atoms with van der Waals surface area (Å²) in [5, 5.41) is 2.14. The molecule has 414 valence electrons. The molecular formula is C74H65F2N4OPt-3. The maximum absolute atomic E-state index is 14.8. The molecule has 0 N–H and O–H groups in total. The summed E-state index contributed by atoms with van der Waals surface area (Å²) in [5.41, 5.74) is 17.7. The van der Waals surface area contributed by atoms with Gasteiger partial charge >= 0.3 is 0 Å². The predicted octanol–water partition coefficient (Wildman–Crippen LogP) is 20.8. The van der Waals surface area contributed by atoms with Gasteiger partial charge in [-0.1, -0.05) is 172 Å². The summed E-state index contributed by atoms with van der Waals surface area (Å²) in [5.74, 6) is 1.56. The summed E-state index contributed by atoms with van der Waals surface area (Å²) in [6.45, 7) is 24.4. The Labute approximate surface area is 496 Å². The molecule has 0 saturated heterocycles. The quantitative estimate of drug-likeness (QED) is 0.121. The van der Waals surface area contributed by atoms with Crippen LogP contribution in [0.1, 0.15) is 103 Å². The number of ether oxygens (including phenoxy) is 1. The molecule has 9 aromatic carbocycles. The molecule has 0 fully saturated rings. The maximum atomic E-state index is 14.8. The van der Waals surface area contributed by atoms with Gasteiger partial charge in [-0.15, -0.1) is 53.6 Å². The SMILES string of the molecule is CC(C)c1cc(-c2ccccc2)cc(C(C)C)c1-c1cc(Oc2[c-]c3c(cc2)c2ccccc2n3-c2cc(C(C)(C)C)ccn2)[c-]c(N2[CH-]N(c3c(-c4ccc(F)cc4)cc(C(C)(C)C)cc3-c3ccc(F)cc3)c3ccccc32)c1.[Pt]. The van der Waals surface area contributed by atoms with Crippen molar-refractivity contribution in [2.45, 2.75) is 91.9 Å². The van der Waals surface area contributed by atoms with Crippen molar-refractivity contribution in [3.8, 4) is 61.8 Å². The van der Waals surface area contributed by atoms with E-state index in [1.165, 1.54) is 52.1 Å². The Morgan fingerprint density at radius 3 is 1.67 bits per heavy atom. The van der Waals surface area contributed by atoms with Crippen molar-refractivity contribution in [2.75, 3.05) is 9.80 Å². The normalized spacial score (nSPS) is 12.7. The minimum absolute atomic E-state index is 0. The van der Waals surface area contributed by atoms with Crippen LogP contribution >= 0.6 is 0 Å². The van der Waals surface area contributed by atoms with Crippen LogP contribution in [-0.4, -0.2) is 9.55 Å². The zero-order valence-corrected chi connectivity index (χ0v) is 50.2. The summed E-state index contributed by atoms with van der Waals surface area (Å²) < 4.78 is 39.0. The van der Waals surface area contributed by atoms with Gasteiger partial charge in [0.2, 0.25) is 0 Å². The molecule has 0 radical (unpaired) electrons. The Kier molecular flexibility index (Phi) is 15.0. The second-order valence-corrected chi connectivity index (χ2v) is 24.0. The van der Waals surface area contributed by atoms with Crippen LogP contribution in [0.4, 0.5) is 31.5 Å². The number of benzene rings is 9. The van der Waals surface area contributed by atoms with Gasteiger partial charge in [-0.25, -0.2) is 13.8 Å². The predicted molar refractivity (Wildman–Crippen MR) is 331 cm³/mol. The number of hydrogen-bond acceptors (Lipinski definition) is 4. The van der Waals surface area contributed by atoms with E-state index >= 15 is 0 Å². The van der Waals surface area contributed by atoms with Crippen molar-refractivity contribution < 1.29 is 34.6 Å². The van der Waals surface area contributed by atoms with Crippen LogP contribution < -0.4 is 14.5 Å². The first-order chi connectivity index (χ1) is 38.9. The Morgan fingerprint density at radius 2 is 1.07 bits per heavy atom. The molecule has 11 aromatic rings. The second kappa shape index (κ2) is 22.0. The van der Waals surface area contributed by atoms with Gasteiger partial charge in [-0.3, -0.25) is 0 Å². The Morgan fingerprint density at radius 1 is 0.500 bits per heavy atom. The maximum Gasteiger partial charge on any atom is 0.135 e. The third-order valence-electron chi connectivity index (χ3n) is 15.7. The molecule has 0 bridgehead atoms. The molecule has 0 amide bonds. The van der Waals surface area contributed by atoms with Crippen LogP contribution in [0.3, 0.4) is 0 Å². The van der Waals surface area contributed by atoms with Crippen LogP contribution in [0.15, 0.2) is 194 Å². The fourth-order valence-electron chi connectivity index (χ4n) is 11.4. The average molecular weight is 1260 g/mol. The van der Waals surface area contributed by atoms with Gasteiger partial charge in [-0.2, -0.15) is 6.07 Å². The molecule has 0 aliphatic carbocycles. The summed E-state index contributed by atoms with van der Waals surface area (Å²) in [4.78, 5) is 9.35. The molecule has 3 heterocycles. The van der Waals surface area contributed by atoms with Gasteiger partial charge in [0.15, 0.2) is 0 Å². The number of anilines is 4. The number of rotatable bonds is 11. The molecule has 5 nitrogen and oxygen atoms in total. The van der Waals surface area contributed by atoms with Gasteiger partial charge in [0.1, 0.15) is 17.5 Å². The molecule has 82 heavy (non-hydrogen) atoms. The summed E-state index contributed by atoms with van der Waals surface area (Å²) in [7, 11) is 0. The molecule has 1 aliphatic rings. The fraction of sp³-hybridized carbons (Fsp3) is 0.189. The third kappa shape index (κ3) is 10.6. The van der Waals surface area contributed by atoms with E-state index < -0.39 is 0 Å². The molecule has 8 heteroatoms. The summed E-state index contributed by atoms with van der Waals surface area (Å²) in [6.07, 6.45) is 1.89. The molecular weight excluding hydrogens is 1190 g/mol. The van der Waals surface area contributed by atoms with E-state index in [1.807, 2.05) is 36.5 Å². The monoisotopic (exact) mass is 1260 g/mol. The number of halogens is 2. The van der Waals surface area contributed by atoms with E-state index in [2.05, 4.69) is 236 Å². The van der Waals surface area contributed by atoms with Crippen molar-refractivity contribution in [1.29, 1.82) is 0 Å². The minimum Gasteiger partial charge on any atom is -0.509 e. The first kappa shape index (κ1) is 55.8. The smallest absolute Gasteiger partial charge is 0.135 e. The van der Waals surface area contributed by atoms with Crippen molar-refractivity contribution in [1.82, 2.24) is 9.55 Å². The number of aromatic nitrogens is 2. The molecule has 12 rings (SSSR count). The van der Waals surface area contributed by atoms with E-state index in [0.29, 0.717) is 11.5 Å². The first-order valence-corrected chi connectivity index (χ1v) is 28.0. The standard InChI is InChI=1S/C74H65F2N4O.Pt/c1-46(2)62-38-51(48-18-12-11-13-19-48)39-63(47(3)4)71(62)52-36-57(43-59(37-52)81-58-32-33-61-60-20-14-15-21-66(60)80(69(61)44-58)70-42-53(34-35-77-70)73(5,6)7)78-45-79(68-23-17-16-22-67(68)78)72-64(49-24-28-55(75)29-25-49)40-54(74(8,9)10)41-65(72)50-26-30-56(76)31-27-50;/h11-42,45-47H,1-10H3;/q-3;. The van der Waals surface area contributed by atoms with Crippen molar-refractivity contribution in [3.63, 3.8) is 0 Å². The van der Waals surface area contributed by atoms with Crippen LogP contribution in [0.5, 0.6) is 11.5 Å². The van der Waals surface area contributed by atoms with E-state index in [9.17, 15) is 8.78 Å². The topological polar surface area (TPSA) is 33.5 Å². The van der Waals surface area contributed by atoms with Crippen molar-refractivity contribution in [3.05, 3.63) is 247 Å². The van der Waals surface area contributed by atoms with E-state index in [-0.39, 0.29) is 55.4 Å². The van der Waals surface area contributed by atoms with Gasteiger partial charge < -0.3 is 19.1 Å². The van der Waals surface area contributed by atoms with E-state index in [0.717, 1.165) is 89.3 Å².